The smallest absolute Gasteiger partial charge is 0.213 e. The number of carbonyl (C=O) groups excluding carboxylic acids is 1. The van der Waals surface area contributed by atoms with Crippen LogP contribution in [0.3, 0.4) is 0 Å². The van der Waals surface area contributed by atoms with Gasteiger partial charge in [0.25, 0.3) is 0 Å². The van der Waals surface area contributed by atoms with Crippen molar-refractivity contribution in [3.8, 4) is 11.6 Å². The highest BCUT2D eigenvalue weighted by Gasteiger charge is 2.25. The highest BCUT2D eigenvalue weighted by Crippen LogP contribution is 2.29. The van der Waals surface area contributed by atoms with Crippen molar-refractivity contribution >= 4 is 22.4 Å². The second kappa shape index (κ2) is 8.92. The van der Waals surface area contributed by atoms with Crippen LogP contribution in [0, 0.1) is 0 Å². The molecule has 0 saturated carbocycles. The number of carbonyl (C=O) groups is 1. The van der Waals surface area contributed by atoms with Crippen LogP contribution in [0.5, 0.6) is 11.6 Å². The van der Waals surface area contributed by atoms with E-state index in [1.807, 2.05) is 68.4 Å². The Kier molecular flexibility index (Phi) is 5.89. The first-order chi connectivity index (χ1) is 15.0. The molecule has 2 aromatic carbocycles. The summed E-state index contributed by atoms with van der Waals surface area (Å²) in [6.45, 7) is 3.90. The normalized spacial score (nSPS) is 12.0. The number of para-hydroxylation sites is 1. The molecule has 6 heteroatoms. The molecular weight excluding hydrogens is 390 g/mol. The summed E-state index contributed by atoms with van der Waals surface area (Å²) in [6, 6.07) is 18.3. The lowest BCUT2D eigenvalue weighted by Crippen LogP contribution is -2.21. The number of ether oxygens (including phenoxy) is 2. The van der Waals surface area contributed by atoms with Gasteiger partial charge in [-0.3, -0.25) is 4.79 Å². The van der Waals surface area contributed by atoms with Crippen LogP contribution in [0.25, 0.3) is 10.9 Å². The summed E-state index contributed by atoms with van der Waals surface area (Å²) >= 11 is 0. The fourth-order valence-electron chi connectivity index (χ4n) is 3.48. The molecule has 1 atom stereocenters. The van der Waals surface area contributed by atoms with Crippen LogP contribution in [0.15, 0.2) is 73.1 Å². The number of benzene rings is 2. The number of hydrogen-bond donors (Lipinski definition) is 2. The minimum Gasteiger partial charge on any atom is -0.497 e. The van der Waals surface area contributed by atoms with Gasteiger partial charge in [0, 0.05) is 52.2 Å². The molecule has 4 rings (SSSR count). The summed E-state index contributed by atoms with van der Waals surface area (Å²) in [6.07, 6.45) is 3.47. The van der Waals surface area contributed by atoms with Gasteiger partial charge < -0.3 is 19.8 Å². The number of anilines is 1. The molecule has 6 nitrogen and oxygen atoms in total. The number of nitrogens with one attached hydrogen (secondary N) is 2. The number of methoxy groups -OCH3 is 1. The van der Waals surface area contributed by atoms with Gasteiger partial charge in [-0.2, -0.15) is 0 Å². The first-order valence-corrected chi connectivity index (χ1v) is 10.2. The van der Waals surface area contributed by atoms with Crippen molar-refractivity contribution in [2.45, 2.75) is 26.0 Å². The molecule has 0 saturated heterocycles. The Hall–Kier alpha value is -3.80. The van der Waals surface area contributed by atoms with Crippen molar-refractivity contribution in [3.63, 3.8) is 0 Å². The summed E-state index contributed by atoms with van der Waals surface area (Å²) in [5.41, 5.74) is 3.07. The van der Waals surface area contributed by atoms with Crippen molar-refractivity contribution < 1.29 is 14.3 Å². The van der Waals surface area contributed by atoms with Crippen LogP contribution in [0.2, 0.25) is 0 Å². The van der Waals surface area contributed by atoms with Crippen LogP contribution >= 0.6 is 0 Å². The minimum atomic E-state index is -0.632. The quantitative estimate of drug-likeness (QED) is 0.377. The monoisotopic (exact) mass is 415 g/mol. The number of nitrogens with zero attached hydrogens (tertiary/aromatic N) is 1. The van der Waals surface area contributed by atoms with Crippen molar-refractivity contribution in [3.05, 3.63) is 84.2 Å². The molecule has 2 N–H and O–H groups in total. The molecule has 2 heterocycles. The van der Waals surface area contributed by atoms with Gasteiger partial charge in [-0.15, -0.1) is 0 Å². The summed E-state index contributed by atoms with van der Waals surface area (Å²) < 4.78 is 11.0. The van der Waals surface area contributed by atoms with E-state index < -0.39 is 6.04 Å². The van der Waals surface area contributed by atoms with Crippen LogP contribution in [0.1, 0.15) is 35.8 Å². The van der Waals surface area contributed by atoms with Gasteiger partial charge in [0.1, 0.15) is 11.8 Å². The van der Waals surface area contributed by atoms with Gasteiger partial charge in [-0.1, -0.05) is 24.3 Å². The Bertz CT molecular complexity index is 1180. The maximum absolute atomic E-state index is 13.7. The van der Waals surface area contributed by atoms with E-state index in [9.17, 15) is 4.79 Å². The van der Waals surface area contributed by atoms with E-state index >= 15 is 0 Å². The first-order valence-electron chi connectivity index (χ1n) is 10.2. The molecule has 4 aromatic rings. The maximum Gasteiger partial charge on any atom is 0.213 e. The number of pyridine rings is 1. The van der Waals surface area contributed by atoms with Gasteiger partial charge in [0.15, 0.2) is 5.78 Å². The fourth-order valence-corrected chi connectivity index (χ4v) is 3.48. The third-order valence-electron chi connectivity index (χ3n) is 4.95. The zero-order valence-electron chi connectivity index (χ0n) is 17.8. The number of aromatic amines is 1. The van der Waals surface area contributed by atoms with Gasteiger partial charge in [-0.25, -0.2) is 4.98 Å². The Balaban J connectivity index is 1.72. The van der Waals surface area contributed by atoms with E-state index in [1.165, 1.54) is 0 Å². The maximum atomic E-state index is 13.7. The molecule has 0 aliphatic carbocycles. The third-order valence-corrected chi connectivity index (χ3v) is 4.95. The van der Waals surface area contributed by atoms with E-state index in [0.717, 1.165) is 22.2 Å². The largest absolute Gasteiger partial charge is 0.497 e. The highest BCUT2D eigenvalue weighted by molar-refractivity contribution is 6.11. The van der Waals surface area contributed by atoms with E-state index in [0.29, 0.717) is 17.2 Å². The molecule has 158 valence electrons. The standard InChI is InChI=1S/C25H25N3O3/c1-16(2)31-23-12-11-17(14-27-23)24(28-18-7-6-8-19(13-18)30-3)25(29)21-15-26-22-10-5-4-9-20(21)22/h4-16,24,26,28H,1-3H3. The highest BCUT2D eigenvalue weighted by atomic mass is 16.5. The number of aromatic nitrogens is 2. The lowest BCUT2D eigenvalue weighted by Gasteiger charge is -2.20. The Morgan fingerprint density at radius 1 is 1.06 bits per heavy atom. The molecule has 0 bridgehead atoms. The summed E-state index contributed by atoms with van der Waals surface area (Å²) in [5.74, 6) is 1.18. The van der Waals surface area contributed by atoms with E-state index in [4.69, 9.17) is 9.47 Å². The lowest BCUT2D eigenvalue weighted by molar-refractivity contribution is 0.0971. The summed E-state index contributed by atoms with van der Waals surface area (Å²) in [4.78, 5) is 21.2. The summed E-state index contributed by atoms with van der Waals surface area (Å²) in [5, 5.41) is 4.25. The Labute approximate surface area is 181 Å². The van der Waals surface area contributed by atoms with Crippen molar-refractivity contribution in [1.82, 2.24) is 9.97 Å². The average molecular weight is 415 g/mol. The number of rotatable bonds is 8. The molecule has 0 aliphatic rings. The summed E-state index contributed by atoms with van der Waals surface area (Å²) in [7, 11) is 1.62. The van der Waals surface area contributed by atoms with Crippen LogP contribution < -0.4 is 14.8 Å². The zero-order chi connectivity index (χ0) is 21.8. The molecule has 31 heavy (non-hydrogen) atoms. The van der Waals surface area contributed by atoms with Crippen LogP contribution in [-0.2, 0) is 0 Å². The molecule has 0 radical (unpaired) electrons. The van der Waals surface area contributed by atoms with E-state index in [-0.39, 0.29) is 11.9 Å². The number of H-pyrrole nitrogens is 1. The number of hydrogen-bond acceptors (Lipinski definition) is 5. The van der Waals surface area contributed by atoms with Crippen molar-refractivity contribution in [2.75, 3.05) is 12.4 Å². The topological polar surface area (TPSA) is 76.2 Å². The third kappa shape index (κ3) is 4.53. The minimum absolute atomic E-state index is 0.0249. The molecule has 1 unspecified atom stereocenters. The second-order valence-corrected chi connectivity index (χ2v) is 7.52. The van der Waals surface area contributed by atoms with Crippen LogP contribution in [0.4, 0.5) is 5.69 Å². The second-order valence-electron chi connectivity index (χ2n) is 7.52. The van der Waals surface area contributed by atoms with Gasteiger partial charge in [-0.05, 0) is 38.1 Å². The fraction of sp³-hybridized carbons (Fsp3) is 0.200. The lowest BCUT2D eigenvalue weighted by atomic mass is 9.97. The molecule has 0 amide bonds. The first kappa shape index (κ1) is 20.5. The van der Waals surface area contributed by atoms with Gasteiger partial charge in [0.2, 0.25) is 5.88 Å². The number of ketones is 1. The predicted octanol–water partition coefficient (Wildman–Crippen LogP) is 5.39. The average Bonchev–Trinajstić information content (AvgIpc) is 3.22. The molecule has 0 fully saturated rings. The molecule has 2 aromatic heterocycles. The predicted molar refractivity (Wildman–Crippen MR) is 122 cm³/mol. The van der Waals surface area contributed by atoms with Crippen LogP contribution in [-0.4, -0.2) is 29.0 Å². The molecular formula is C25H25N3O3. The van der Waals surface area contributed by atoms with Crippen molar-refractivity contribution in [1.29, 1.82) is 0 Å². The number of Topliss-reactive ketones (excluding diaryl/α,β-unsaturated/α-hetero) is 1. The van der Waals surface area contributed by atoms with Gasteiger partial charge in [0.05, 0.1) is 13.2 Å². The number of fused-ring (bicyclic) bond motifs is 1. The van der Waals surface area contributed by atoms with Crippen molar-refractivity contribution in [2.24, 2.45) is 0 Å². The SMILES string of the molecule is COc1cccc(NC(C(=O)c2c[nH]c3ccccc23)c2ccc(OC(C)C)nc2)c1. The molecule has 0 spiro atoms. The Morgan fingerprint density at radius 3 is 2.65 bits per heavy atom. The Morgan fingerprint density at radius 2 is 1.90 bits per heavy atom. The van der Waals surface area contributed by atoms with Gasteiger partial charge >= 0.3 is 0 Å². The molecule has 0 aliphatic heterocycles. The van der Waals surface area contributed by atoms with E-state index in [1.54, 1.807) is 25.6 Å². The zero-order valence-corrected chi connectivity index (χ0v) is 17.8. The van der Waals surface area contributed by atoms with E-state index in [2.05, 4.69) is 15.3 Å².